The molecule has 1 saturated heterocycles. The maximum atomic E-state index is 5.82. The van der Waals surface area contributed by atoms with Crippen molar-refractivity contribution in [3.8, 4) is 0 Å². The first kappa shape index (κ1) is 15.0. The molecule has 1 aliphatic carbocycles. The van der Waals surface area contributed by atoms with Gasteiger partial charge in [-0.05, 0) is 38.5 Å². The second-order valence-corrected chi connectivity index (χ2v) is 5.28. The zero-order valence-electron chi connectivity index (χ0n) is 10.6. The van der Waals surface area contributed by atoms with Gasteiger partial charge in [0, 0.05) is 13.2 Å². The Kier molecular flexibility index (Phi) is 5.99. The molecule has 0 aromatic heterocycles. The number of ether oxygens (including phenoxy) is 1. The molecule has 1 saturated carbocycles. The van der Waals surface area contributed by atoms with Gasteiger partial charge in [0.25, 0.3) is 0 Å². The molecule has 1 atom stereocenters. The van der Waals surface area contributed by atoms with Crippen molar-refractivity contribution in [1.82, 2.24) is 5.32 Å². The fourth-order valence-electron chi connectivity index (χ4n) is 2.22. The highest BCUT2D eigenvalue weighted by atomic mass is 127. The van der Waals surface area contributed by atoms with E-state index < -0.39 is 0 Å². The van der Waals surface area contributed by atoms with Crippen LogP contribution in [0.4, 0.5) is 0 Å². The third-order valence-electron chi connectivity index (χ3n) is 3.68. The molecule has 0 spiro atoms. The number of nitrogens with zero attached hydrogens (tertiary/aromatic N) is 1. The first-order chi connectivity index (χ1) is 7.68. The maximum absolute atomic E-state index is 5.82. The summed E-state index contributed by atoms with van der Waals surface area (Å²) >= 11 is 0. The van der Waals surface area contributed by atoms with Gasteiger partial charge in [-0.15, -0.1) is 24.0 Å². The van der Waals surface area contributed by atoms with Crippen LogP contribution in [0.15, 0.2) is 4.99 Å². The van der Waals surface area contributed by atoms with Crippen LogP contribution in [0.3, 0.4) is 0 Å². The summed E-state index contributed by atoms with van der Waals surface area (Å²) in [5.41, 5.74) is 5.74. The summed E-state index contributed by atoms with van der Waals surface area (Å²) in [5, 5.41) is 3.20. The Morgan fingerprint density at radius 2 is 2.24 bits per heavy atom. The molecule has 0 aromatic rings. The number of aliphatic imine (C=N–C) groups is 1. The predicted octanol–water partition coefficient (Wildman–Crippen LogP) is 1.88. The van der Waals surface area contributed by atoms with Crippen molar-refractivity contribution in [2.75, 3.05) is 19.7 Å². The fourth-order valence-corrected chi connectivity index (χ4v) is 2.22. The van der Waals surface area contributed by atoms with E-state index in [1.807, 2.05) is 0 Å². The third-order valence-corrected chi connectivity index (χ3v) is 3.68. The Labute approximate surface area is 121 Å². The molecule has 0 amide bonds. The van der Waals surface area contributed by atoms with Crippen molar-refractivity contribution < 1.29 is 4.74 Å². The van der Waals surface area contributed by atoms with Crippen molar-refractivity contribution >= 4 is 29.9 Å². The lowest BCUT2D eigenvalue weighted by Gasteiger charge is -2.26. The zero-order chi connectivity index (χ0) is 11.4. The summed E-state index contributed by atoms with van der Waals surface area (Å²) in [7, 11) is 0. The van der Waals surface area contributed by atoms with E-state index in [1.54, 1.807) is 0 Å². The van der Waals surface area contributed by atoms with Crippen LogP contribution >= 0.6 is 24.0 Å². The van der Waals surface area contributed by atoms with Crippen LogP contribution in [-0.2, 0) is 4.74 Å². The first-order valence-corrected chi connectivity index (χ1v) is 6.36. The van der Waals surface area contributed by atoms with E-state index in [9.17, 15) is 0 Å². The Bertz CT molecular complexity index is 260. The predicted molar refractivity (Wildman–Crippen MR) is 80.8 cm³/mol. The lowest BCUT2D eigenvalue weighted by atomic mass is 9.85. The van der Waals surface area contributed by atoms with Crippen LogP contribution in [0.2, 0.25) is 0 Å². The molecule has 0 aromatic carbocycles. The average Bonchev–Trinajstić information content (AvgIpc) is 2.61. The molecule has 0 radical (unpaired) electrons. The van der Waals surface area contributed by atoms with Gasteiger partial charge >= 0.3 is 0 Å². The van der Waals surface area contributed by atoms with Crippen LogP contribution in [0.1, 0.15) is 39.0 Å². The molecule has 5 heteroatoms. The van der Waals surface area contributed by atoms with Crippen molar-refractivity contribution in [2.24, 2.45) is 16.6 Å². The smallest absolute Gasteiger partial charge is 0.188 e. The van der Waals surface area contributed by atoms with Crippen molar-refractivity contribution in [3.05, 3.63) is 0 Å². The molecular weight excluding hydrogens is 329 g/mol. The van der Waals surface area contributed by atoms with Crippen LogP contribution in [0, 0.1) is 5.92 Å². The zero-order valence-corrected chi connectivity index (χ0v) is 12.9. The normalized spacial score (nSPS) is 29.6. The molecular formula is C12H24IN3O. The first-order valence-electron chi connectivity index (χ1n) is 6.36. The van der Waals surface area contributed by atoms with Crippen molar-refractivity contribution in [1.29, 1.82) is 0 Å². The van der Waals surface area contributed by atoms with E-state index in [4.69, 9.17) is 10.5 Å². The van der Waals surface area contributed by atoms with Gasteiger partial charge in [0.2, 0.25) is 0 Å². The maximum Gasteiger partial charge on any atom is 0.188 e. The summed E-state index contributed by atoms with van der Waals surface area (Å²) in [6, 6.07) is 0. The number of nitrogens with one attached hydrogen (secondary N) is 1. The van der Waals surface area contributed by atoms with Gasteiger partial charge in [0.15, 0.2) is 5.96 Å². The minimum atomic E-state index is -0.0806. The van der Waals surface area contributed by atoms with Crippen molar-refractivity contribution in [3.63, 3.8) is 0 Å². The van der Waals surface area contributed by atoms with E-state index in [0.29, 0.717) is 12.5 Å². The SMILES string of the molecule is CC1(CN=C(N)NCC2CCC2)CCCO1.I. The number of guanidine groups is 1. The molecule has 1 aliphatic heterocycles. The molecule has 4 nitrogen and oxygen atoms in total. The lowest BCUT2D eigenvalue weighted by Crippen LogP contribution is -2.38. The molecule has 2 aliphatic rings. The Balaban J connectivity index is 0.00000144. The van der Waals surface area contributed by atoms with E-state index >= 15 is 0 Å². The van der Waals surface area contributed by atoms with Gasteiger partial charge in [-0.2, -0.15) is 0 Å². The fraction of sp³-hybridized carbons (Fsp3) is 0.917. The monoisotopic (exact) mass is 353 g/mol. The van der Waals surface area contributed by atoms with Crippen LogP contribution in [-0.4, -0.2) is 31.3 Å². The molecule has 2 fully saturated rings. The van der Waals surface area contributed by atoms with Crippen molar-refractivity contribution in [2.45, 2.75) is 44.6 Å². The van der Waals surface area contributed by atoms with E-state index in [2.05, 4.69) is 17.2 Å². The van der Waals surface area contributed by atoms with Gasteiger partial charge in [-0.3, -0.25) is 4.99 Å². The topological polar surface area (TPSA) is 59.6 Å². The highest BCUT2D eigenvalue weighted by Gasteiger charge is 2.29. The van der Waals surface area contributed by atoms with E-state index in [1.165, 1.54) is 19.3 Å². The van der Waals surface area contributed by atoms with E-state index in [0.717, 1.165) is 31.9 Å². The second kappa shape index (κ2) is 6.78. The molecule has 2 rings (SSSR count). The van der Waals surface area contributed by atoms with E-state index in [-0.39, 0.29) is 29.6 Å². The number of hydrogen-bond acceptors (Lipinski definition) is 2. The molecule has 1 unspecified atom stereocenters. The Morgan fingerprint density at radius 3 is 2.76 bits per heavy atom. The number of nitrogens with two attached hydrogens (primary N) is 1. The summed E-state index contributed by atoms with van der Waals surface area (Å²) < 4.78 is 5.66. The number of rotatable bonds is 4. The highest BCUT2D eigenvalue weighted by Crippen LogP contribution is 2.26. The minimum Gasteiger partial charge on any atom is -0.373 e. The summed E-state index contributed by atoms with van der Waals surface area (Å²) in [5.74, 6) is 1.38. The molecule has 0 bridgehead atoms. The summed E-state index contributed by atoms with van der Waals surface area (Å²) in [4.78, 5) is 4.37. The van der Waals surface area contributed by atoms with Crippen LogP contribution in [0.25, 0.3) is 0 Å². The van der Waals surface area contributed by atoms with Gasteiger partial charge in [0.1, 0.15) is 0 Å². The van der Waals surface area contributed by atoms with Crippen LogP contribution in [0.5, 0.6) is 0 Å². The van der Waals surface area contributed by atoms with Gasteiger partial charge in [0.05, 0.1) is 12.1 Å². The standard InChI is InChI=1S/C12H23N3O.HI/c1-12(6-3-7-16-12)9-15-11(13)14-8-10-4-2-5-10;/h10H,2-9H2,1H3,(H3,13,14,15);1H. The molecule has 100 valence electrons. The Hall–Kier alpha value is -0.0400. The van der Waals surface area contributed by atoms with Crippen LogP contribution < -0.4 is 11.1 Å². The van der Waals surface area contributed by atoms with Gasteiger partial charge in [-0.1, -0.05) is 6.42 Å². The average molecular weight is 353 g/mol. The number of halogens is 1. The second-order valence-electron chi connectivity index (χ2n) is 5.28. The minimum absolute atomic E-state index is 0. The molecule has 3 N–H and O–H groups in total. The quantitative estimate of drug-likeness (QED) is 0.461. The lowest BCUT2D eigenvalue weighted by molar-refractivity contribution is 0.0284. The highest BCUT2D eigenvalue weighted by molar-refractivity contribution is 14.0. The van der Waals surface area contributed by atoms with Gasteiger partial charge < -0.3 is 15.8 Å². The summed E-state index contributed by atoms with van der Waals surface area (Å²) in [6.45, 7) is 4.63. The third kappa shape index (κ3) is 4.62. The summed E-state index contributed by atoms with van der Waals surface area (Å²) in [6.07, 6.45) is 6.27. The van der Waals surface area contributed by atoms with Gasteiger partial charge in [-0.25, -0.2) is 0 Å². The molecule has 1 heterocycles. The largest absolute Gasteiger partial charge is 0.373 e. The number of hydrogen-bond donors (Lipinski definition) is 2. The Morgan fingerprint density at radius 1 is 1.47 bits per heavy atom. The molecule has 17 heavy (non-hydrogen) atoms.